The summed E-state index contributed by atoms with van der Waals surface area (Å²) in [5, 5.41) is 18.1. The Morgan fingerprint density at radius 3 is 2.23 bits per heavy atom. The molecule has 0 bridgehead atoms. The van der Waals surface area contributed by atoms with Crippen molar-refractivity contribution in [2.24, 2.45) is 11.8 Å². The number of amides is 4. The Hall–Kier alpha value is -7.62. The number of hydrogen-bond acceptors (Lipinski definition) is 14. The summed E-state index contributed by atoms with van der Waals surface area (Å²) >= 11 is 2.18. The van der Waals surface area contributed by atoms with Crippen LogP contribution in [0.4, 0.5) is 5.69 Å². The molecule has 79 heavy (non-hydrogen) atoms. The van der Waals surface area contributed by atoms with Crippen molar-refractivity contribution in [3.8, 4) is 11.5 Å². The van der Waals surface area contributed by atoms with Gasteiger partial charge in [0.15, 0.2) is 0 Å². The number of morpholine rings is 1. The third kappa shape index (κ3) is 10.6. The fourth-order valence-corrected chi connectivity index (χ4v) is 12.8. The Morgan fingerprint density at radius 1 is 0.785 bits per heavy atom. The molecule has 18 nitrogen and oxygen atoms in total. The van der Waals surface area contributed by atoms with Gasteiger partial charge in [-0.15, -0.1) is 0 Å². The first-order valence-corrected chi connectivity index (χ1v) is 27.5. The van der Waals surface area contributed by atoms with E-state index in [1.807, 2.05) is 77.7 Å². The summed E-state index contributed by atoms with van der Waals surface area (Å²) in [7, 11) is 0. The maximum absolute atomic E-state index is 15.3. The van der Waals surface area contributed by atoms with E-state index in [9.17, 15) is 33.9 Å². The van der Waals surface area contributed by atoms with Gasteiger partial charge in [-0.1, -0.05) is 97.6 Å². The minimum Gasteiger partial charge on any atom is -0.491 e. The van der Waals surface area contributed by atoms with Gasteiger partial charge in [-0.3, -0.25) is 38.5 Å². The Bertz CT molecular complexity index is 3130. The lowest BCUT2D eigenvalue weighted by Crippen LogP contribution is -2.61. The highest BCUT2D eigenvalue weighted by molar-refractivity contribution is 14.1. The van der Waals surface area contributed by atoms with Crippen LogP contribution in [0.25, 0.3) is 0 Å². The molecule has 5 aromatic carbocycles. The summed E-state index contributed by atoms with van der Waals surface area (Å²) in [5.41, 5.74) is 1.96. The van der Waals surface area contributed by atoms with Crippen molar-refractivity contribution in [3.63, 3.8) is 0 Å². The number of nitrogens with one attached hydrogen (secondary N) is 3. The number of aliphatic hydroxyl groups is 1. The standard InChI is InChI=1S/C60H60IN5O13/c1-3-28-77-57(72)48-51-58(73)79-52(37-15-8-5-9-16-37)50(36-13-6-4-7-14-36)66(51)53(60(48)44-33-40(61)22-25-45(44)64-59(60)74)38-20-23-41(24-21-38)76-30-31-78-56(71)43-34-47-54(69)63-46(19-10-11-26-62-35(2)68)55(70)65(47)49(43)39-17-12-18-42(32-39)75-29-27-67/h3-9,12-18,20-25,32-33,43,46-53,67H,1,10-11,19,26-31,34H2,2H3,(H,62,68)(H,63,69)(H,64,74)/t43-,46-,47-,48-,49-,50-,51-,52+,53+,60-/m0/s1. The van der Waals surface area contributed by atoms with Crippen molar-refractivity contribution in [1.82, 2.24) is 20.4 Å². The highest BCUT2D eigenvalue weighted by Crippen LogP contribution is 2.65. The molecule has 5 aliphatic rings. The van der Waals surface area contributed by atoms with Gasteiger partial charge in [0, 0.05) is 22.7 Å². The zero-order chi connectivity index (χ0) is 55.4. The number of esters is 3. The molecule has 0 radical (unpaired) electrons. The van der Waals surface area contributed by atoms with E-state index in [4.69, 9.17) is 23.7 Å². The van der Waals surface area contributed by atoms with Gasteiger partial charge in [-0.2, -0.15) is 0 Å². The van der Waals surface area contributed by atoms with Crippen molar-refractivity contribution in [2.75, 3.05) is 44.9 Å². The first-order valence-electron chi connectivity index (χ1n) is 26.4. The molecule has 410 valence electrons. The van der Waals surface area contributed by atoms with Gasteiger partial charge < -0.3 is 49.6 Å². The smallest absolute Gasteiger partial charge is 0.325 e. The molecule has 19 heteroatoms. The number of piperazine rings is 1. The van der Waals surface area contributed by atoms with Crippen molar-refractivity contribution in [3.05, 3.63) is 171 Å². The number of nitrogens with zero attached hydrogens (tertiary/aromatic N) is 2. The van der Waals surface area contributed by atoms with Crippen LogP contribution >= 0.6 is 22.6 Å². The third-order valence-corrected chi connectivity index (χ3v) is 16.2. The molecule has 0 aliphatic carbocycles. The normalized spacial score (nSPS) is 25.8. The second-order valence-corrected chi connectivity index (χ2v) is 21.4. The largest absolute Gasteiger partial charge is 0.491 e. The van der Waals surface area contributed by atoms with Crippen LogP contribution in [0.5, 0.6) is 11.5 Å². The predicted octanol–water partition coefficient (Wildman–Crippen LogP) is 6.35. The van der Waals surface area contributed by atoms with Gasteiger partial charge in [0.05, 0.1) is 30.7 Å². The maximum Gasteiger partial charge on any atom is 0.325 e. The predicted molar refractivity (Wildman–Crippen MR) is 295 cm³/mol. The van der Waals surface area contributed by atoms with Crippen molar-refractivity contribution < 1.29 is 62.4 Å². The summed E-state index contributed by atoms with van der Waals surface area (Å²) in [6, 6.07) is 32.7. The lowest BCUT2D eigenvalue weighted by atomic mass is 9.65. The van der Waals surface area contributed by atoms with E-state index in [0.29, 0.717) is 59.7 Å². The molecule has 4 saturated heterocycles. The molecule has 5 aliphatic heterocycles. The molecule has 5 aromatic rings. The van der Waals surface area contributed by atoms with Crippen molar-refractivity contribution in [2.45, 2.75) is 80.4 Å². The van der Waals surface area contributed by atoms with Gasteiger partial charge in [0.25, 0.3) is 0 Å². The van der Waals surface area contributed by atoms with Crippen LogP contribution in [-0.4, -0.2) is 114 Å². The van der Waals surface area contributed by atoms with Crippen LogP contribution in [0.3, 0.4) is 0 Å². The van der Waals surface area contributed by atoms with Crippen LogP contribution in [-0.2, 0) is 53.2 Å². The van der Waals surface area contributed by atoms with E-state index in [1.165, 1.54) is 17.9 Å². The topological polar surface area (TPSA) is 228 Å². The summed E-state index contributed by atoms with van der Waals surface area (Å²) in [4.78, 5) is 102. The molecule has 0 aromatic heterocycles. The number of anilines is 1. The van der Waals surface area contributed by atoms with E-state index in [0.717, 1.165) is 14.7 Å². The van der Waals surface area contributed by atoms with Crippen LogP contribution in [0.1, 0.15) is 84.7 Å². The fraction of sp³-hybridized carbons (Fsp3) is 0.350. The number of benzene rings is 5. The average molecular weight is 1190 g/mol. The minimum atomic E-state index is -1.73. The number of fused-ring (bicyclic) bond motifs is 4. The Balaban J connectivity index is 0.932. The van der Waals surface area contributed by atoms with Gasteiger partial charge >= 0.3 is 17.9 Å². The zero-order valence-corrected chi connectivity index (χ0v) is 45.5. The van der Waals surface area contributed by atoms with E-state index >= 15 is 4.79 Å². The number of unbranched alkanes of at least 4 members (excludes halogenated alkanes) is 1. The molecule has 0 unspecified atom stereocenters. The molecule has 4 amide bonds. The number of cyclic esters (lactones) is 1. The molecule has 4 fully saturated rings. The highest BCUT2D eigenvalue weighted by atomic mass is 127. The molecule has 4 N–H and O–H groups in total. The lowest BCUT2D eigenvalue weighted by Gasteiger charge is -2.46. The number of carbonyl (C=O) groups excluding carboxylic acids is 7. The molecule has 0 saturated carbocycles. The third-order valence-electron chi connectivity index (χ3n) is 15.5. The molecular formula is C60H60IN5O13. The Kier molecular flexibility index (Phi) is 16.5. The van der Waals surface area contributed by atoms with Gasteiger partial charge in [0.2, 0.25) is 23.6 Å². The number of hydrogen-bond donors (Lipinski definition) is 4. The highest BCUT2D eigenvalue weighted by Gasteiger charge is 2.74. The Labute approximate surface area is 470 Å². The summed E-state index contributed by atoms with van der Waals surface area (Å²) in [6.07, 6.45) is 2.07. The first-order chi connectivity index (χ1) is 38.3. The van der Waals surface area contributed by atoms with E-state index < -0.39 is 83.4 Å². The molecule has 1 spiro atoms. The molecule has 10 atom stereocenters. The second kappa shape index (κ2) is 23.8. The summed E-state index contributed by atoms with van der Waals surface area (Å²) in [6.45, 7) is 4.96. The Morgan fingerprint density at radius 2 is 1.51 bits per heavy atom. The molecule has 5 heterocycles. The number of halogens is 1. The van der Waals surface area contributed by atoms with Crippen molar-refractivity contribution >= 4 is 69.8 Å². The first kappa shape index (κ1) is 54.7. The van der Waals surface area contributed by atoms with E-state index in [-0.39, 0.29) is 57.2 Å². The SMILES string of the molecule is C=CCOC(=O)[C@@H]1[C@H]2C(=O)O[C@H](c3ccccc3)[C@H](c3ccccc3)N2[C@H](c2ccc(OCCOC(=O)[C@H]3C[C@H]4C(=O)N[C@@H](CCCCNC(C)=O)C(=O)N4[C@H]3c3cccc(OCCO)c3)cc2)[C@@]12C(=O)Nc1ccc(I)cc12. The summed E-state index contributed by atoms with van der Waals surface area (Å²) < 4.78 is 30.9. The van der Waals surface area contributed by atoms with Gasteiger partial charge in [-0.25, -0.2) is 0 Å². The molecule has 10 rings (SSSR count). The number of carbonyl (C=O) groups is 7. The van der Waals surface area contributed by atoms with Crippen LogP contribution in [0.15, 0.2) is 140 Å². The van der Waals surface area contributed by atoms with Crippen LogP contribution in [0.2, 0.25) is 0 Å². The lowest BCUT2D eigenvalue weighted by molar-refractivity contribution is -0.180. The number of rotatable bonds is 20. The van der Waals surface area contributed by atoms with E-state index in [1.54, 1.807) is 54.6 Å². The van der Waals surface area contributed by atoms with Crippen LogP contribution in [0, 0.1) is 15.4 Å². The zero-order valence-electron chi connectivity index (χ0n) is 43.3. The average Bonchev–Trinajstić information content (AvgIpc) is 2.54. The quantitative estimate of drug-likeness (QED) is 0.0219. The number of aliphatic hydroxyl groups excluding tert-OH is 1. The number of ether oxygens (including phenoxy) is 5. The van der Waals surface area contributed by atoms with Crippen LogP contribution < -0.4 is 25.4 Å². The molecular weight excluding hydrogens is 1130 g/mol. The maximum atomic E-state index is 15.3. The fourth-order valence-electron chi connectivity index (χ4n) is 12.3. The van der Waals surface area contributed by atoms with Gasteiger partial charge in [0.1, 0.15) is 73.5 Å². The minimum absolute atomic E-state index is 0.00430. The van der Waals surface area contributed by atoms with E-state index in [2.05, 4.69) is 45.1 Å². The summed E-state index contributed by atoms with van der Waals surface area (Å²) in [5.74, 6) is -4.97. The van der Waals surface area contributed by atoms with Gasteiger partial charge in [-0.05, 0) is 119 Å². The van der Waals surface area contributed by atoms with Crippen molar-refractivity contribution in [1.29, 1.82) is 0 Å². The monoisotopic (exact) mass is 1190 g/mol. The second-order valence-electron chi connectivity index (χ2n) is 20.1.